The Bertz CT molecular complexity index is 721. The van der Waals surface area contributed by atoms with Crippen molar-refractivity contribution in [2.75, 3.05) is 5.32 Å². The maximum Gasteiger partial charge on any atom is 0.631 e. The molecule has 0 amide bonds. The molecule has 0 spiro atoms. The molecule has 2 aromatic rings. The molecule has 2 rings (SSSR count). The highest BCUT2D eigenvalue weighted by molar-refractivity contribution is 6.30. The van der Waals surface area contributed by atoms with Crippen LogP contribution >= 0.6 is 0 Å². The third-order valence-corrected chi connectivity index (χ3v) is 4.58. The number of aryl methyl sites for hydroxylation is 1. The van der Waals surface area contributed by atoms with Crippen LogP contribution in [-0.2, 0) is 0 Å². The van der Waals surface area contributed by atoms with Crippen LogP contribution in [0, 0.1) is 13.8 Å². The summed E-state index contributed by atoms with van der Waals surface area (Å²) < 4.78 is 5.94. The zero-order valence-electron chi connectivity index (χ0n) is 16.8. The fourth-order valence-corrected chi connectivity index (χ4v) is 2.07. The molecule has 0 saturated heterocycles. The minimum absolute atomic E-state index is 0.672. The molecule has 0 aliphatic carbocycles. The molecular weight excluding hydrogens is 345 g/mol. The van der Waals surface area contributed by atoms with Crippen LogP contribution in [0.15, 0.2) is 42.5 Å². The van der Waals surface area contributed by atoms with E-state index in [0.29, 0.717) is 0 Å². The molecular formula is C20H30BNO5. The quantitative estimate of drug-likeness (QED) is 0.515. The van der Waals surface area contributed by atoms with Crippen LogP contribution in [0.25, 0.3) is 0 Å². The highest BCUT2D eigenvalue weighted by Crippen LogP contribution is 2.29. The molecule has 0 saturated carbocycles. The van der Waals surface area contributed by atoms with Gasteiger partial charge in [0.25, 0.3) is 0 Å². The van der Waals surface area contributed by atoms with Gasteiger partial charge in [0, 0.05) is 11.4 Å². The van der Waals surface area contributed by atoms with Crippen LogP contribution < -0.4 is 10.1 Å². The van der Waals surface area contributed by atoms with E-state index < -0.39 is 18.5 Å². The van der Waals surface area contributed by atoms with Gasteiger partial charge in [-0.25, -0.2) is 0 Å². The van der Waals surface area contributed by atoms with Crippen LogP contribution in [0.3, 0.4) is 0 Å². The Morgan fingerprint density at radius 2 is 1.41 bits per heavy atom. The van der Waals surface area contributed by atoms with Gasteiger partial charge in [-0.05, 0) is 83.0 Å². The standard InChI is InChI=1S/C20H27NO2.BH3O3/c1-14-8-7-9-18(15(14)2)21-16-10-12-17(13-11-16)23-20(5,6)19(3,4)22;2-1(3)4/h7-13,21-22H,1-6H3;2-4H. The number of hydrogen-bond acceptors (Lipinski definition) is 6. The van der Waals surface area contributed by atoms with Gasteiger partial charge in [0.15, 0.2) is 0 Å². The first-order chi connectivity index (χ1) is 12.3. The molecule has 6 nitrogen and oxygen atoms in total. The summed E-state index contributed by atoms with van der Waals surface area (Å²) in [6.07, 6.45) is 0. The lowest BCUT2D eigenvalue weighted by Gasteiger charge is -2.37. The fourth-order valence-electron chi connectivity index (χ4n) is 2.07. The Hall–Kier alpha value is -2.06. The smallest absolute Gasteiger partial charge is 0.485 e. The Labute approximate surface area is 161 Å². The molecule has 0 radical (unpaired) electrons. The SMILES string of the molecule is Cc1cccc(Nc2ccc(OC(C)(C)C(C)(C)O)cc2)c1C.OB(O)O. The molecule has 7 heteroatoms. The number of nitrogens with one attached hydrogen (secondary N) is 1. The maximum absolute atomic E-state index is 10.2. The highest BCUT2D eigenvalue weighted by Gasteiger charge is 2.37. The van der Waals surface area contributed by atoms with Gasteiger partial charge in [0.2, 0.25) is 0 Å². The van der Waals surface area contributed by atoms with E-state index in [1.807, 2.05) is 44.2 Å². The summed E-state index contributed by atoms with van der Waals surface area (Å²) in [5, 5.41) is 35.1. The lowest BCUT2D eigenvalue weighted by molar-refractivity contribution is -0.0906. The molecule has 5 N–H and O–H groups in total. The van der Waals surface area contributed by atoms with Crippen molar-refractivity contribution in [3.05, 3.63) is 53.6 Å². The van der Waals surface area contributed by atoms with Crippen LogP contribution in [0.5, 0.6) is 5.75 Å². The molecule has 0 fully saturated rings. The van der Waals surface area contributed by atoms with Gasteiger partial charge in [0.05, 0.1) is 5.60 Å². The molecule has 0 unspecified atom stereocenters. The molecule has 0 heterocycles. The second-order valence-electron chi connectivity index (χ2n) is 7.41. The molecule has 0 aliphatic rings. The third-order valence-electron chi connectivity index (χ3n) is 4.58. The van der Waals surface area contributed by atoms with Crippen molar-refractivity contribution in [3.63, 3.8) is 0 Å². The van der Waals surface area contributed by atoms with Crippen molar-refractivity contribution in [2.24, 2.45) is 0 Å². The van der Waals surface area contributed by atoms with E-state index in [0.717, 1.165) is 17.1 Å². The Balaban J connectivity index is 0.000000828. The largest absolute Gasteiger partial charge is 0.631 e. The van der Waals surface area contributed by atoms with Gasteiger partial charge in [-0.1, -0.05) is 12.1 Å². The lowest BCUT2D eigenvalue weighted by atomic mass is 9.89. The van der Waals surface area contributed by atoms with Crippen molar-refractivity contribution in [1.82, 2.24) is 0 Å². The zero-order valence-corrected chi connectivity index (χ0v) is 16.8. The second-order valence-corrected chi connectivity index (χ2v) is 7.41. The summed E-state index contributed by atoms with van der Waals surface area (Å²) in [6.45, 7) is 11.5. The summed E-state index contributed by atoms with van der Waals surface area (Å²) in [5.41, 5.74) is 3.03. The average molecular weight is 375 g/mol. The van der Waals surface area contributed by atoms with E-state index in [4.69, 9.17) is 19.8 Å². The number of hydrogen-bond donors (Lipinski definition) is 5. The fraction of sp³-hybridized carbons (Fsp3) is 0.400. The predicted octanol–water partition coefficient (Wildman–Crippen LogP) is 2.92. The van der Waals surface area contributed by atoms with Crippen molar-refractivity contribution >= 4 is 18.7 Å². The first-order valence-corrected chi connectivity index (χ1v) is 8.72. The first kappa shape index (κ1) is 23.0. The van der Waals surface area contributed by atoms with Crippen LogP contribution in [-0.4, -0.2) is 38.7 Å². The molecule has 27 heavy (non-hydrogen) atoms. The summed E-state index contributed by atoms with van der Waals surface area (Å²) in [6, 6.07) is 14.0. The van der Waals surface area contributed by atoms with Crippen molar-refractivity contribution in [3.8, 4) is 5.75 Å². The molecule has 0 aromatic heterocycles. The van der Waals surface area contributed by atoms with E-state index in [9.17, 15) is 5.11 Å². The normalized spacial score (nSPS) is 11.3. The van der Waals surface area contributed by atoms with E-state index in [2.05, 4.69) is 31.3 Å². The van der Waals surface area contributed by atoms with Gasteiger partial charge < -0.3 is 30.2 Å². The van der Waals surface area contributed by atoms with E-state index >= 15 is 0 Å². The van der Waals surface area contributed by atoms with E-state index in [1.165, 1.54) is 11.1 Å². The van der Waals surface area contributed by atoms with Gasteiger partial charge in [-0.3, -0.25) is 0 Å². The minimum Gasteiger partial charge on any atom is -0.485 e. The second kappa shape index (κ2) is 9.24. The topological polar surface area (TPSA) is 102 Å². The molecule has 148 valence electrons. The number of aliphatic hydroxyl groups is 1. The molecule has 2 aromatic carbocycles. The highest BCUT2D eigenvalue weighted by atomic mass is 16.5. The molecule has 0 bridgehead atoms. The Morgan fingerprint density at radius 1 is 0.889 bits per heavy atom. The predicted molar refractivity (Wildman–Crippen MR) is 109 cm³/mol. The average Bonchev–Trinajstić information content (AvgIpc) is 2.52. The van der Waals surface area contributed by atoms with E-state index in [1.54, 1.807) is 13.8 Å². The van der Waals surface area contributed by atoms with Crippen molar-refractivity contribution < 1.29 is 24.9 Å². The third kappa shape index (κ3) is 7.23. The number of benzene rings is 2. The number of rotatable bonds is 5. The summed E-state index contributed by atoms with van der Waals surface area (Å²) in [7, 11) is -2.17. The lowest BCUT2D eigenvalue weighted by Crippen LogP contribution is -2.49. The number of ether oxygens (including phenoxy) is 1. The van der Waals surface area contributed by atoms with Gasteiger partial charge in [-0.15, -0.1) is 0 Å². The summed E-state index contributed by atoms with van der Waals surface area (Å²) >= 11 is 0. The van der Waals surface area contributed by atoms with Crippen LogP contribution in [0.2, 0.25) is 0 Å². The zero-order chi connectivity index (χ0) is 20.8. The Kier molecular flexibility index (Phi) is 7.86. The van der Waals surface area contributed by atoms with Crippen LogP contribution in [0.4, 0.5) is 11.4 Å². The van der Waals surface area contributed by atoms with Gasteiger partial charge in [0.1, 0.15) is 11.4 Å². The van der Waals surface area contributed by atoms with E-state index in [-0.39, 0.29) is 0 Å². The first-order valence-electron chi connectivity index (χ1n) is 8.72. The minimum atomic E-state index is -2.17. The van der Waals surface area contributed by atoms with Gasteiger partial charge >= 0.3 is 7.32 Å². The van der Waals surface area contributed by atoms with Gasteiger partial charge in [-0.2, -0.15) is 0 Å². The van der Waals surface area contributed by atoms with Crippen molar-refractivity contribution in [1.29, 1.82) is 0 Å². The maximum atomic E-state index is 10.2. The Morgan fingerprint density at radius 3 is 1.89 bits per heavy atom. The summed E-state index contributed by atoms with van der Waals surface area (Å²) in [5.74, 6) is 0.739. The summed E-state index contributed by atoms with van der Waals surface area (Å²) in [4.78, 5) is 0. The van der Waals surface area contributed by atoms with Crippen LogP contribution in [0.1, 0.15) is 38.8 Å². The number of anilines is 2. The van der Waals surface area contributed by atoms with Crippen molar-refractivity contribution in [2.45, 2.75) is 52.7 Å². The molecule has 0 atom stereocenters. The molecule has 0 aliphatic heterocycles. The monoisotopic (exact) mass is 375 g/mol.